The van der Waals surface area contributed by atoms with Crippen LogP contribution in [-0.2, 0) is 6.42 Å². The molecule has 96 valence electrons. The van der Waals surface area contributed by atoms with Gasteiger partial charge in [-0.1, -0.05) is 0 Å². The summed E-state index contributed by atoms with van der Waals surface area (Å²) in [5.41, 5.74) is 2.14. The molecule has 0 fully saturated rings. The van der Waals surface area contributed by atoms with Gasteiger partial charge in [0, 0.05) is 27.1 Å². The van der Waals surface area contributed by atoms with E-state index in [2.05, 4.69) is 36.8 Å². The lowest BCUT2D eigenvalue weighted by molar-refractivity contribution is 0.103. The van der Waals surface area contributed by atoms with Gasteiger partial charge in [-0.25, -0.2) is 0 Å². The lowest BCUT2D eigenvalue weighted by Crippen LogP contribution is -2.05. The summed E-state index contributed by atoms with van der Waals surface area (Å²) in [6.45, 7) is 0.688. The van der Waals surface area contributed by atoms with Crippen LogP contribution in [0.15, 0.2) is 39.4 Å². The number of fused-ring (bicyclic) bond motifs is 1. The molecule has 0 amide bonds. The van der Waals surface area contributed by atoms with Crippen LogP contribution in [0, 0.1) is 0 Å². The van der Waals surface area contributed by atoms with Crippen LogP contribution in [0.1, 0.15) is 21.6 Å². The minimum absolute atomic E-state index is 0.0888. The summed E-state index contributed by atoms with van der Waals surface area (Å²) in [6.07, 6.45) is 2.47. The fourth-order valence-corrected chi connectivity index (χ4v) is 3.21. The summed E-state index contributed by atoms with van der Waals surface area (Å²) in [5.74, 6) is 0.786. The van der Waals surface area contributed by atoms with Gasteiger partial charge in [0.25, 0.3) is 0 Å². The monoisotopic (exact) mass is 381 g/mol. The molecular weight excluding hydrogens is 374 g/mol. The van der Waals surface area contributed by atoms with Gasteiger partial charge in [0.15, 0.2) is 0 Å². The zero-order chi connectivity index (χ0) is 13.4. The Hall–Kier alpha value is -1.20. The lowest BCUT2D eigenvalue weighted by atomic mass is 10.0. The number of pyridine rings is 1. The zero-order valence-electron chi connectivity index (χ0n) is 9.82. The van der Waals surface area contributed by atoms with E-state index < -0.39 is 0 Å². The van der Waals surface area contributed by atoms with Crippen LogP contribution >= 0.6 is 31.9 Å². The van der Waals surface area contributed by atoms with Crippen LogP contribution in [0.25, 0.3) is 0 Å². The van der Waals surface area contributed by atoms with Crippen molar-refractivity contribution in [2.45, 2.75) is 6.42 Å². The van der Waals surface area contributed by atoms with Crippen LogP contribution in [0.3, 0.4) is 0 Å². The Bertz CT molecular complexity index is 670. The van der Waals surface area contributed by atoms with Crippen molar-refractivity contribution in [3.8, 4) is 5.75 Å². The Morgan fingerprint density at radius 3 is 2.89 bits per heavy atom. The highest BCUT2D eigenvalue weighted by Crippen LogP contribution is 2.28. The number of benzene rings is 1. The van der Waals surface area contributed by atoms with E-state index in [-0.39, 0.29) is 5.78 Å². The van der Waals surface area contributed by atoms with Gasteiger partial charge < -0.3 is 4.74 Å². The molecule has 2 aromatic rings. The van der Waals surface area contributed by atoms with E-state index in [0.29, 0.717) is 22.3 Å². The Morgan fingerprint density at radius 2 is 2.11 bits per heavy atom. The van der Waals surface area contributed by atoms with Crippen molar-refractivity contribution in [1.82, 2.24) is 4.98 Å². The normalized spacial score (nSPS) is 12.9. The van der Waals surface area contributed by atoms with Gasteiger partial charge in [-0.05, 0) is 61.7 Å². The molecule has 0 saturated carbocycles. The molecule has 2 heterocycles. The molecule has 1 aromatic heterocycles. The Labute approximate surface area is 127 Å². The third kappa shape index (κ3) is 2.44. The van der Waals surface area contributed by atoms with Crippen LogP contribution in [0.5, 0.6) is 5.75 Å². The maximum absolute atomic E-state index is 12.4. The largest absolute Gasteiger partial charge is 0.493 e. The van der Waals surface area contributed by atoms with Gasteiger partial charge in [0.2, 0.25) is 5.78 Å². The first kappa shape index (κ1) is 12.8. The highest BCUT2D eigenvalue weighted by molar-refractivity contribution is 9.11. The van der Waals surface area contributed by atoms with Crippen LogP contribution in [-0.4, -0.2) is 17.4 Å². The maximum Gasteiger partial charge on any atom is 0.212 e. The van der Waals surface area contributed by atoms with Crippen LogP contribution in [0.2, 0.25) is 0 Å². The molecule has 1 aliphatic heterocycles. The van der Waals surface area contributed by atoms with Crippen LogP contribution < -0.4 is 4.74 Å². The van der Waals surface area contributed by atoms with Gasteiger partial charge in [-0.15, -0.1) is 0 Å². The summed E-state index contributed by atoms with van der Waals surface area (Å²) >= 11 is 6.69. The minimum Gasteiger partial charge on any atom is -0.493 e. The summed E-state index contributed by atoms with van der Waals surface area (Å²) < 4.78 is 6.95. The molecule has 1 aliphatic rings. The first-order chi connectivity index (χ1) is 9.15. The summed E-state index contributed by atoms with van der Waals surface area (Å²) in [5, 5.41) is 0. The minimum atomic E-state index is -0.0888. The number of hydrogen-bond donors (Lipinski definition) is 0. The van der Waals surface area contributed by atoms with Gasteiger partial charge in [-0.3, -0.25) is 9.78 Å². The van der Waals surface area contributed by atoms with Crippen molar-refractivity contribution >= 4 is 37.6 Å². The number of nitrogens with zero attached hydrogens (tertiary/aromatic N) is 1. The molecule has 1 aromatic carbocycles. The van der Waals surface area contributed by atoms with Crippen molar-refractivity contribution in [1.29, 1.82) is 0 Å². The molecule has 0 N–H and O–H groups in total. The van der Waals surface area contributed by atoms with Gasteiger partial charge >= 0.3 is 0 Å². The van der Waals surface area contributed by atoms with Crippen molar-refractivity contribution in [3.05, 3.63) is 56.2 Å². The standard InChI is InChI=1S/C14H9Br2NO2/c15-10-6-11(16)13(17-7-10)14(18)9-1-2-12-8(5-9)3-4-19-12/h1-2,5-7H,3-4H2. The van der Waals surface area contributed by atoms with E-state index in [1.807, 2.05) is 18.2 Å². The summed E-state index contributed by atoms with van der Waals surface area (Å²) in [7, 11) is 0. The van der Waals surface area contributed by atoms with Crippen molar-refractivity contribution < 1.29 is 9.53 Å². The molecule has 3 rings (SSSR count). The molecule has 0 aliphatic carbocycles. The molecular formula is C14H9Br2NO2. The number of hydrogen-bond acceptors (Lipinski definition) is 3. The average Bonchev–Trinajstić information content (AvgIpc) is 2.85. The van der Waals surface area contributed by atoms with Gasteiger partial charge in [-0.2, -0.15) is 0 Å². The van der Waals surface area contributed by atoms with E-state index in [1.165, 1.54) is 0 Å². The zero-order valence-corrected chi connectivity index (χ0v) is 13.0. The molecule has 19 heavy (non-hydrogen) atoms. The fourth-order valence-electron chi connectivity index (χ4n) is 2.05. The second-order valence-electron chi connectivity index (χ2n) is 4.23. The molecule has 0 spiro atoms. The van der Waals surface area contributed by atoms with Crippen LogP contribution in [0.4, 0.5) is 0 Å². The lowest BCUT2D eigenvalue weighted by Gasteiger charge is -2.05. The molecule has 0 bridgehead atoms. The Kier molecular flexibility index (Phi) is 3.41. The first-order valence-electron chi connectivity index (χ1n) is 5.76. The average molecular weight is 383 g/mol. The van der Waals surface area contributed by atoms with Crippen molar-refractivity contribution in [3.63, 3.8) is 0 Å². The molecule has 3 nitrogen and oxygen atoms in total. The van der Waals surface area contributed by atoms with E-state index in [1.54, 1.807) is 12.3 Å². The predicted molar refractivity (Wildman–Crippen MR) is 78.7 cm³/mol. The second-order valence-corrected chi connectivity index (χ2v) is 6.00. The number of halogens is 2. The van der Waals surface area contributed by atoms with Crippen molar-refractivity contribution in [2.75, 3.05) is 6.61 Å². The number of ketones is 1. The smallest absolute Gasteiger partial charge is 0.212 e. The highest BCUT2D eigenvalue weighted by atomic mass is 79.9. The number of carbonyl (C=O) groups is 1. The Morgan fingerprint density at radius 1 is 1.26 bits per heavy atom. The quantitative estimate of drug-likeness (QED) is 0.742. The van der Waals surface area contributed by atoms with Gasteiger partial charge in [0.1, 0.15) is 11.4 Å². The SMILES string of the molecule is O=C(c1ccc2c(c1)CCO2)c1ncc(Br)cc1Br. The van der Waals surface area contributed by atoms with Crippen molar-refractivity contribution in [2.24, 2.45) is 0 Å². The molecule has 0 unspecified atom stereocenters. The van der Waals surface area contributed by atoms with E-state index >= 15 is 0 Å². The van der Waals surface area contributed by atoms with E-state index in [4.69, 9.17) is 4.74 Å². The molecule has 5 heteroatoms. The topological polar surface area (TPSA) is 39.2 Å². The third-order valence-electron chi connectivity index (χ3n) is 2.97. The van der Waals surface area contributed by atoms with Gasteiger partial charge in [0.05, 0.1) is 6.61 Å². The summed E-state index contributed by atoms with van der Waals surface area (Å²) in [4.78, 5) is 16.6. The number of carbonyl (C=O) groups excluding carboxylic acids is 1. The number of aromatic nitrogens is 1. The molecule has 0 radical (unpaired) electrons. The number of rotatable bonds is 2. The maximum atomic E-state index is 12.4. The first-order valence-corrected chi connectivity index (χ1v) is 7.35. The van der Waals surface area contributed by atoms with E-state index in [0.717, 1.165) is 22.2 Å². The predicted octanol–water partition coefficient (Wildman–Crippen LogP) is 3.77. The Balaban J connectivity index is 2.00. The fraction of sp³-hybridized carbons (Fsp3) is 0.143. The second kappa shape index (κ2) is 5.06. The highest BCUT2D eigenvalue weighted by Gasteiger charge is 2.18. The molecule has 0 saturated heterocycles. The molecule has 0 atom stereocenters. The third-order valence-corrected chi connectivity index (χ3v) is 4.01. The summed E-state index contributed by atoms with van der Waals surface area (Å²) in [6, 6.07) is 7.34. The number of ether oxygens (including phenoxy) is 1. The van der Waals surface area contributed by atoms with E-state index in [9.17, 15) is 4.79 Å².